The van der Waals surface area contributed by atoms with Crippen LogP contribution in [-0.4, -0.2) is 43.4 Å². The highest BCUT2D eigenvalue weighted by Crippen LogP contribution is 2.28. The standard InChI is InChI=1S/C22H30N6O2/c1-15-10-16(2)21-17(11-15)12-18(22(30)23-21)13-27(8-5-9-29)14-20-24-25-26-28(20)19-6-3-4-7-19/h10-12,19,29H,3-9,13-14H2,1-2H3,(H,23,30)/p+1. The first-order valence-corrected chi connectivity index (χ1v) is 10.9. The lowest BCUT2D eigenvalue weighted by Crippen LogP contribution is -3.09. The van der Waals surface area contributed by atoms with Gasteiger partial charge in [-0.3, -0.25) is 4.79 Å². The second-order valence-corrected chi connectivity index (χ2v) is 8.58. The summed E-state index contributed by atoms with van der Waals surface area (Å²) in [7, 11) is 0. The molecule has 0 amide bonds. The van der Waals surface area contributed by atoms with Gasteiger partial charge in [0.2, 0.25) is 5.82 Å². The van der Waals surface area contributed by atoms with Gasteiger partial charge < -0.3 is 15.0 Å². The number of aryl methyl sites for hydroxylation is 2. The zero-order valence-electron chi connectivity index (χ0n) is 17.8. The third kappa shape index (κ3) is 4.44. The fourth-order valence-electron chi connectivity index (χ4n) is 4.69. The van der Waals surface area contributed by atoms with Gasteiger partial charge in [-0.05, 0) is 60.2 Å². The minimum Gasteiger partial charge on any atom is -0.396 e. The number of fused-ring (bicyclic) bond motifs is 1. The third-order valence-electron chi connectivity index (χ3n) is 6.14. The van der Waals surface area contributed by atoms with Gasteiger partial charge in [-0.25, -0.2) is 4.68 Å². The van der Waals surface area contributed by atoms with Crippen molar-refractivity contribution in [3.05, 3.63) is 51.1 Å². The highest BCUT2D eigenvalue weighted by atomic mass is 16.3. The summed E-state index contributed by atoms with van der Waals surface area (Å²) < 4.78 is 1.98. The molecule has 0 radical (unpaired) electrons. The Morgan fingerprint density at radius 2 is 2.00 bits per heavy atom. The Bertz CT molecular complexity index is 1070. The number of quaternary nitrogens is 1. The molecule has 1 atom stereocenters. The van der Waals surface area contributed by atoms with E-state index in [9.17, 15) is 9.90 Å². The first-order chi connectivity index (χ1) is 14.5. The molecule has 0 aliphatic heterocycles. The van der Waals surface area contributed by atoms with Gasteiger partial charge in [-0.2, -0.15) is 0 Å². The number of aromatic nitrogens is 5. The molecule has 1 aliphatic carbocycles. The van der Waals surface area contributed by atoms with Crippen LogP contribution in [0.1, 0.15) is 60.7 Å². The summed E-state index contributed by atoms with van der Waals surface area (Å²) in [6, 6.07) is 6.58. The van der Waals surface area contributed by atoms with Gasteiger partial charge in [0, 0.05) is 13.0 Å². The molecule has 1 fully saturated rings. The van der Waals surface area contributed by atoms with Gasteiger partial charge >= 0.3 is 0 Å². The van der Waals surface area contributed by atoms with Crippen LogP contribution < -0.4 is 10.5 Å². The van der Waals surface area contributed by atoms with E-state index in [1.807, 2.05) is 17.7 Å². The minimum absolute atomic E-state index is 0.0497. The van der Waals surface area contributed by atoms with Gasteiger partial charge in [-0.15, -0.1) is 5.10 Å². The Kier molecular flexibility index (Phi) is 6.24. The van der Waals surface area contributed by atoms with E-state index in [0.29, 0.717) is 25.6 Å². The van der Waals surface area contributed by atoms with Crippen LogP contribution in [0.25, 0.3) is 10.9 Å². The summed E-state index contributed by atoms with van der Waals surface area (Å²) in [5.74, 6) is 0.860. The van der Waals surface area contributed by atoms with Crippen LogP contribution in [0.5, 0.6) is 0 Å². The summed E-state index contributed by atoms with van der Waals surface area (Å²) in [6.45, 7) is 6.16. The normalized spacial score (nSPS) is 15.8. The molecule has 8 heteroatoms. The zero-order chi connectivity index (χ0) is 21.1. The van der Waals surface area contributed by atoms with Gasteiger partial charge in [0.05, 0.1) is 23.7 Å². The number of tetrazole rings is 1. The van der Waals surface area contributed by atoms with Crippen LogP contribution in [0.15, 0.2) is 23.0 Å². The number of hydrogen-bond donors (Lipinski definition) is 3. The second kappa shape index (κ2) is 9.06. The van der Waals surface area contributed by atoms with Crippen molar-refractivity contribution < 1.29 is 10.0 Å². The molecule has 0 bridgehead atoms. The van der Waals surface area contributed by atoms with E-state index in [0.717, 1.165) is 47.2 Å². The first-order valence-electron chi connectivity index (χ1n) is 10.9. The Morgan fingerprint density at radius 3 is 2.77 bits per heavy atom. The van der Waals surface area contributed by atoms with Crippen LogP contribution in [0, 0.1) is 13.8 Å². The molecule has 3 N–H and O–H groups in total. The highest BCUT2D eigenvalue weighted by Gasteiger charge is 2.24. The molecule has 4 rings (SSSR count). The van der Waals surface area contributed by atoms with Crippen LogP contribution in [0.2, 0.25) is 0 Å². The zero-order valence-corrected chi connectivity index (χ0v) is 17.8. The SMILES string of the molecule is Cc1cc(C)c2[nH]c(=O)c(C[NH+](CCCO)Cc3nnnn3C3CCCC3)cc2c1. The predicted molar refractivity (Wildman–Crippen MR) is 114 cm³/mol. The van der Waals surface area contributed by atoms with E-state index in [-0.39, 0.29) is 12.2 Å². The molecule has 0 saturated heterocycles. The monoisotopic (exact) mass is 411 g/mol. The Labute approximate surface area is 175 Å². The Balaban J connectivity index is 1.60. The number of aliphatic hydroxyl groups excluding tert-OH is 1. The van der Waals surface area contributed by atoms with Crippen molar-refractivity contribution in [3.63, 3.8) is 0 Å². The lowest BCUT2D eigenvalue weighted by atomic mass is 10.1. The summed E-state index contributed by atoms with van der Waals surface area (Å²) in [4.78, 5) is 17.0. The number of aliphatic hydroxyl groups is 1. The van der Waals surface area contributed by atoms with E-state index in [1.54, 1.807) is 0 Å². The van der Waals surface area contributed by atoms with Crippen LogP contribution in [0.3, 0.4) is 0 Å². The van der Waals surface area contributed by atoms with Crippen molar-refractivity contribution in [1.82, 2.24) is 25.2 Å². The predicted octanol–water partition coefficient (Wildman–Crippen LogP) is 1.21. The Morgan fingerprint density at radius 1 is 1.20 bits per heavy atom. The number of nitrogens with one attached hydrogen (secondary N) is 2. The number of rotatable bonds is 8. The van der Waals surface area contributed by atoms with Crippen LogP contribution >= 0.6 is 0 Å². The second-order valence-electron chi connectivity index (χ2n) is 8.58. The lowest BCUT2D eigenvalue weighted by Gasteiger charge is -2.20. The van der Waals surface area contributed by atoms with E-state index in [4.69, 9.17) is 0 Å². The van der Waals surface area contributed by atoms with Crippen molar-refractivity contribution in [2.45, 2.75) is 65.1 Å². The van der Waals surface area contributed by atoms with E-state index in [2.05, 4.69) is 39.6 Å². The van der Waals surface area contributed by atoms with Gasteiger partial charge in [0.15, 0.2) is 0 Å². The molecule has 160 valence electrons. The topological polar surface area (TPSA) is 101 Å². The highest BCUT2D eigenvalue weighted by molar-refractivity contribution is 5.82. The lowest BCUT2D eigenvalue weighted by molar-refractivity contribution is -0.928. The van der Waals surface area contributed by atoms with E-state index < -0.39 is 0 Å². The van der Waals surface area contributed by atoms with Crippen molar-refractivity contribution in [2.24, 2.45) is 0 Å². The Hall–Kier alpha value is -2.58. The van der Waals surface area contributed by atoms with Crippen molar-refractivity contribution in [1.29, 1.82) is 0 Å². The maximum Gasteiger partial charge on any atom is 0.257 e. The van der Waals surface area contributed by atoms with E-state index >= 15 is 0 Å². The summed E-state index contributed by atoms with van der Waals surface area (Å²) in [5, 5.41) is 22.9. The fraction of sp³-hybridized carbons (Fsp3) is 0.545. The van der Waals surface area contributed by atoms with E-state index in [1.165, 1.54) is 23.3 Å². The first kappa shape index (κ1) is 20.7. The minimum atomic E-state index is -0.0497. The number of hydrogen-bond acceptors (Lipinski definition) is 5. The number of nitrogens with zero attached hydrogens (tertiary/aromatic N) is 4. The molecule has 8 nitrogen and oxygen atoms in total. The van der Waals surface area contributed by atoms with Crippen LogP contribution in [0.4, 0.5) is 0 Å². The smallest absolute Gasteiger partial charge is 0.257 e. The molecular formula is C22H31N6O2+. The maximum atomic E-state index is 12.8. The average molecular weight is 412 g/mol. The molecule has 1 saturated carbocycles. The number of aromatic amines is 1. The molecule has 3 aromatic rings. The van der Waals surface area contributed by atoms with Gasteiger partial charge in [0.1, 0.15) is 13.1 Å². The molecule has 1 aliphatic rings. The largest absolute Gasteiger partial charge is 0.396 e. The summed E-state index contributed by atoms with van der Waals surface area (Å²) in [6.07, 6.45) is 5.34. The number of pyridine rings is 1. The fourth-order valence-corrected chi connectivity index (χ4v) is 4.69. The van der Waals surface area contributed by atoms with Crippen LogP contribution in [-0.2, 0) is 13.1 Å². The molecule has 1 aromatic carbocycles. The molecule has 0 spiro atoms. The molecular weight excluding hydrogens is 380 g/mol. The van der Waals surface area contributed by atoms with Crippen molar-refractivity contribution >= 4 is 10.9 Å². The van der Waals surface area contributed by atoms with Gasteiger partial charge in [-0.1, -0.05) is 24.5 Å². The van der Waals surface area contributed by atoms with Gasteiger partial charge in [0.25, 0.3) is 5.56 Å². The van der Waals surface area contributed by atoms with Crippen molar-refractivity contribution in [3.8, 4) is 0 Å². The molecule has 30 heavy (non-hydrogen) atoms. The number of H-pyrrole nitrogens is 1. The molecule has 1 unspecified atom stereocenters. The third-order valence-corrected chi connectivity index (χ3v) is 6.14. The summed E-state index contributed by atoms with van der Waals surface area (Å²) in [5.41, 5.74) is 3.86. The molecule has 2 aromatic heterocycles. The summed E-state index contributed by atoms with van der Waals surface area (Å²) >= 11 is 0. The maximum absolute atomic E-state index is 12.8. The molecule has 2 heterocycles. The average Bonchev–Trinajstić information content (AvgIpc) is 3.39. The number of benzene rings is 1. The quantitative estimate of drug-likeness (QED) is 0.517. The van der Waals surface area contributed by atoms with Crippen molar-refractivity contribution in [2.75, 3.05) is 13.2 Å².